The van der Waals surface area contributed by atoms with Gasteiger partial charge in [-0.3, -0.25) is 9.79 Å². The van der Waals surface area contributed by atoms with Crippen LogP contribution in [0.25, 0.3) is 0 Å². The van der Waals surface area contributed by atoms with E-state index in [9.17, 15) is 26.4 Å². The number of halogens is 3. The molecular formula is C19H23F3N6O3S. The van der Waals surface area contributed by atoms with Crippen LogP contribution >= 0.6 is 0 Å². The molecule has 13 heteroatoms. The van der Waals surface area contributed by atoms with Crippen molar-refractivity contribution in [1.82, 2.24) is 14.1 Å². The van der Waals surface area contributed by atoms with Crippen LogP contribution in [-0.4, -0.2) is 52.6 Å². The molecule has 1 aromatic carbocycles. The fourth-order valence-electron chi connectivity index (χ4n) is 3.40. The quantitative estimate of drug-likeness (QED) is 0.707. The van der Waals surface area contributed by atoms with Gasteiger partial charge in [0.05, 0.1) is 0 Å². The number of likely N-dealkylation sites (N-methyl/N-ethyl adjacent to an activating group) is 1. The van der Waals surface area contributed by atoms with Crippen LogP contribution in [0, 0.1) is 5.82 Å². The van der Waals surface area contributed by atoms with Crippen LogP contribution in [0.4, 0.5) is 18.9 Å². The van der Waals surface area contributed by atoms with Crippen molar-refractivity contribution in [3.8, 4) is 0 Å². The summed E-state index contributed by atoms with van der Waals surface area (Å²) in [7, 11) is -2.52. The molecule has 3 rings (SSSR count). The summed E-state index contributed by atoms with van der Waals surface area (Å²) in [6.07, 6.45) is 0.956. The third-order valence-electron chi connectivity index (χ3n) is 5.42. The molecule has 0 aliphatic carbocycles. The number of carbonyl (C=O) groups excluding carboxylic acids is 1. The molecule has 0 bridgehead atoms. The second kappa shape index (κ2) is 7.89. The number of amides is 1. The van der Waals surface area contributed by atoms with Gasteiger partial charge in [0.25, 0.3) is 5.91 Å². The van der Waals surface area contributed by atoms with E-state index in [2.05, 4.69) is 15.4 Å². The van der Waals surface area contributed by atoms with Crippen LogP contribution in [0.3, 0.4) is 0 Å². The summed E-state index contributed by atoms with van der Waals surface area (Å²) in [5.74, 6) is -1.65. The lowest BCUT2D eigenvalue weighted by Crippen LogP contribution is -2.50. The Morgan fingerprint density at radius 3 is 2.50 bits per heavy atom. The third kappa shape index (κ3) is 3.97. The number of anilines is 1. The summed E-state index contributed by atoms with van der Waals surface area (Å²) >= 11 is 0. The molecular weight excluding hydrogens is 449 g/mol. The van der Waals surface area contributed by atoms with E-state index in [0.717, 1.165) is 22.6 Å². The summed E-state index contributed by atoms with van der Waals surface area (Å²) in [5.41, 5.74) is 4.49. The Morgan fingerprint density at radius 2 is 1.91 bits per heavy atom. The van der Waals surface area contributed by atoms with Crippen molar-refractivity contribution in [2.45, 2.75) is 37.6 Å². The number of benzene rings is 1. The smallest absolute Gasteiger partial charge is 0.333 e. The number of hydrogen-bond donors (Lipinski definition) is 2. The predicted octanol–water partition coefficient (Wildman–Crippen LogP) is 2.30. The number of aliphatic imine (C=N–C) groups is 1. The highest BCUT2D eigenvalue weighted by atomic mass is 32.2. The lowest BCUT2D eigenvalue weighted by Gasteiger charge is -2.29. The van der Waals surface area contributed by atoms with Gasteiger partial charge in [-0.05, 0) is 45.0 Å². The number of carbonyl (C=O) groups is 1. The Labute approximate surface area is 183 Å². The van der Waals surface area contributed by atoms with Gasteiger partial charge in [-0.1, -0.05) is 0 Å². The molecule has 2 aromatic rings. The van der Waals surface area contributed by atoms with Crippen molar-refractivity contribution in [3.63, 3.8) is 0 Å². The van der Waals surface area contributed by atoms with Gasteiger partial charge in [0.15, 0.2) is 5.69 Å². The number of alkyl halides is 2. The van der Waals surface area contributed by atoms with Crippen molar-refractivity contribution >= 4 is 27.5 Å². The van der Waals surface area contributed by atoms with E-state index in [4.69, 9.17) is 5.73 Å². The third-order valence-corrected chi connectivity index (χ3v) is 7.86. The van der Waals surface area contributed by atoms with Crippen LogP contribution in [0.5, 0.6) is 0 Å². The van der Waals surface area contributed by atoms with Gasteiger partial charge in [0, 0.05) is 31.0 Å². The van der Waals surface area contributed by atoms with Crippen molar-refractivity contribution in [2.75, 3.05) is 18.9 Å². The highest BCUT2D eigenvalue weighted by Gasteiger charge is 2.48. The number of aromatic nitrogens is 2. The average Bonchev–Trinajstić information content (AvgIpc) is 3.18. The van der Waals surface area contributed by atoms with E-state index < -0.39 is 38.6 Å². The Morgan fingerprint density at radius 1 is 1.25 bits per heavy atom. The van der Waals surface area contributed by atoms with E-state index in [1.54, 1.807) is 0 Å². The van der Waals surface area contributed by atoms with Gasteiger partial charge < -0.3 is 11.1 Å². The van der Waals surface area contributed by atoms with Gasteiger partial charge in [-0.2, -0.15) is 13.9 Å². The first-order chi connectivity index (χ1) is 14.7. The molecule has 1 amide bonds. The predicted molar refractivity (Wildman–Crippen MR) is 112 cm³/mol. The molecule has 1 aliphatic heterocycles. The van der Waals surface area contributed by atoms with Crippen molar-refractivity contribution in [2.24, 2.45) is 10.7 Å². The van der Waals surface area contributed by atoms with Gasteiger partial charge >= 0.3 is 6.55 Å². The molecule has 1 aliphatic rings. The highest BCUT2D eigenvalue weighted by Crippen LogP contribution is 2.36. The van der Waals surface area contributed by atoms with Crippen LogP contribution in [0.2, 0.25) is 0 Å². The van der Waals surface area contributed by atoms with Crippen LogP contribution in [0.15, 0.2) is 35.5 Å². The first-order valence-corrected chi connectivity index (χ1v) is 10.9. The number of rotatable bonds is 4. The van der Waals surface area contributed by atoms with Crippen molar-refractivity contribution < 1.29 is 26.4 Å². The summed E-state index contributed by atoms with van der Waals surface area (Å²) < 4.78 is 65.8. The first kappa shape index (κ1) is 23.7. The number of nitrogens with two attached hydrogens (primary N) is 1. The van der Waals surface area contributed by atoms with E-state index in [1.165, 1.54) is 40.0 Å². The minimum Gasteiger partial charge on any atom is -0.386 e. The van der Waals surface area contributed by atoms with Crippen LogP contribution in [-0.2, 0) is 15.6 Å². The zero-order valence-corrected chi connectivity index (χ0v) is 18.6. The van der Waals surface area contributed by atoms with Crippen molar-refractivity contribution in [1.29, 1.82) is 0 Å². The summed E-state index contributed by atoms with van der Waals surface area (Å²) in [6.45, 7) is 1.25. The number of sulfonamides is 1. The van der Waals surface area contributed by atoms with Gasteiger partial charge in [-0.25, -0.2) is 21.8 Å². The maximum atomic E-state index is 14.8. The van der Waals surface area contributed by atoms with E-state index >= 15 is 0 Å². The average molecular weight is 472 g/mol. The SMILES string of the molecule is CN1CC(C)(c2cc(NC(=O)c3ccn(C(F)F)n3)ccc2F)N=C(N)C(C)(C)S1(=O)=O. The monoisotopic (exact) mass is 472 g/mol. The molecule has 0 fully saturated rings. The van der Waals surface area contributed by atoms with Gasteiger partial charge in [0.1, 0.15) is 21.9 Å². The molecule has 0 spiro atoms. The molecule has 0 radical (unpaired) electrons. The highest BCUT2D eigenvalue weighted by molar-refractivity contribution is 7.91. The molecule has 1 aromatic heterocycles. The first-order valence-electron chi connectivity index (χ1n) is 9.45. The Balaban J connectivity index is 1.99. The summed E-state index contributed by atoms with van der Waals surface area (Å²) in [6, 6.07) is 4.78. The number of amidine groups is 1. The molecule has 174 valence electrons. The molecule has 0 saturated carbocycles. The summed E-state index contributed by atoms with van der Waals surface area (Å²) in [4.78, 5) is 16.7. The minimum atomic E-state index is -3.87. The van der Waals surface area contributed by atoms with E-state index in [1.807, 2.05) is 0 Å². The molecule has 2 heterocycles. The molecule has 32 heavy (non-hydrogen) atoms. The molecule has 0 saturated heterocycles. The van der Waals surface area contributed by atoms with Crippen molar-refractivity contribution in [3.05, 3.63) is 47.5 Å². The zero-order valence-electron chi connectivity index (χ0n) is 17.8. The topological polar surface area (TPSA) is 123 Å². The van der Waals surface area contributed by atoms with Crippen LogP contribution in [0.1, 0.15) is 43.4 Å². The van der Waals surface area contributed by atoms with E-state index in [-0.39, 0.29) is 29.3 Å². The molecule has 3 N–H and O–H groups in total. The zero-order chi connectivity index (χ0) is 24.1. The maximum Gasteiger partial charge on any atom is 0.333 e. The molecule has 1 atom stereocenters. The minimum absolute atomic E-state index is 0.00360. The molecule has 1 unspecified atom stereocenters. The fraction of sp³-hybridized carbons (Fsp3) is 0.421. The standard InChI is InChI=1S/C19H23F3N6O3S/c1-18(2)16(23)25-19(3,10-27(4)32(18,30)31)12-9-11(5-6-13(12)20)24-15(29)14-7-8-28(26-14)17(21)22/h5-9,17H,10H2,1-4H3,(H2,23,25)(H,24,29). The molecule has 9 nitrogen and oxygen atoms in total. The van der Waals surface area contributed by atoms with Gasteiger partial charge in [-0.15, -0.1) is 0 Å². The lowest BCUT2D eigenvalue weighted by molar-refractivity contribution is 0.0561. The fourth-order valence-corrected chi connectivity index (χ4v) is 4.91. The number of hydrogen-bond acceptors (Lipinski definition) is 6. The maximum absolute atomic E-state index is 14.8. The Bertz CT molecular complexity index is 1190. The number of nitrogens with one attached hydrogen (secondary N) is 1. The summed E-state index contributed by atoms with van der Waals surface area (Å²) in [5, 5.41) is 5.95. The Kier molecular flexibility index (Phi) is 5.85. The van der Waals surface area contributed by atoms with Crippen LogP contribution < -0.4 is 11.1 Å². The largest absolute Gasteiger partial charge is 0.386 e. The Hall–Kier alpha value is -2.93. The second-order valence-corrected chi connectivity index (χ2v) is 10.7. The lowest BCUT2D eigenvalue weighted by atomic mass is 9.91. The normalized spacial score (nSPS) is 22.9. The number of nitrogens with zero attached hydrogens (tertiary/aromatic N) is 4. The second-order valence-electron chi connectivity index (χ2n) is 8.15. The van der Waals surface area contributed by atoms with Gasteiger partial charge in [0.2, 0.25) is 10.0 Å². The van der Waals surface area contributed by atoms with E-state index in [0.29, 0.717) is 4.68 Å².